The molecule has 0 aromatic heterocycles. The van der Waals surface area contributed by atoms with E-state index in [9.17, 15) is 0 Å². The lowest BCUT2D eigenvalue weighted by atomic mass is 9.61. The van der Waals surface area contributed by atoms with E-state index in [1.165, 1.54) is 64.2 Å². The first-order chi connectivity index (χ1) is 8.02. The molecule has 0 radical (unpaired) electrons. The third-order valence-corrected chi connectivity index (χ3v) is 4.04. The van der Waals surface area contributed by atoms with Crippen molar-refractivity contribution in [3.8, 4) is 0 Å². The molecule has 1 heteroatoms. The standard InChI is InChI=1S/C16H35B/c1-5-7-9-11-13-15(16(3,4)17)14-12-10-8-6-2/h15H,5-14,17H2,1-4H3. The van der Waals surface area contributed by atoms with E-state index >= 15 is 0 Å². The molecule has 0 unspecified atom stereocenters. The van der Waals surface area contributed by atoms with Gasteiger partial charge in [-0.1, -0.05) is 97.2 Å². The van der Waals surface area contributed by atoms with Crippen molar-refractivity contribution in [1.29, 1.82) is 0 Å². The van der Waals surface area contributed by atoms with Crippen LogP contribution < -0.4 is 0 Å². The van der Waals surface area contributed by atoms with E-state index in [4.69, 9.17) is 0 Å². The lowest BCUT2D eigenvalue weighted by Gasteiger charge is -2.31. The molecule has 0 fully saturated rings. The molecule has 0 spiro atoms. The van der Waals surface area contributed by atoms with E-state index < -0.39 is 0 Å². The Morgan fingerprint density at radius 3 is 1.47 bits per heavy atom. The van der Waals surface area contributed by atoms with Crippen molar-refractivity contribution in [3.63, 3.8) is 0 Å². The summed E-state index contributed by atoms with van der Waals surface area (Å²) in [6.45, 7) is 9.45. The van der Waals surface area contributed by atoms with Gasteiger partial charge in [-0.15, -0.1) is 0 Å². The van der Waals surface area contributed by atoms with Gasteiger partial charge in [-0.3, -0.25) is 0 Å². The monoisotopic (exact) mass is 238 g/mol. The van der Waals surface area contributed by atoms with Gasteiger partial charge < -0.3 is 0 Å². The molecule has 102 valence electrons. The average Bonchev–Trinajstić information content (AvgIpc) is 2.25. The minimum absolute atomic E-state index is 0.512. The second-order valence-electron chi connectivity index (χ2n) is 6.76. The normalized spacial score (nSPS) is 12.3. The molecule has 0 saturated carbocycles. The molecular formula is C16H35B. The molecule has 0 aliphatic heterocycles. The van der Waals surface area contributed by atoms with Crippen molar-refractivity contribution in [2.24, 2.45) is 5.92 Å². The minimum Gasteiger partial charge on any atom is -0.0669 e. The average molecular weight is 238 g/mol. The van der Waals surface area contributed by atoms with Gasteiger partial charge in [-0.25, -0.2) is 0 Å². The van der Waals surface area contributed by atoms with E-state index in [1.54, 1.807) is 0 Å². The first kappa shape index (κ1) is 17.1. The summed E-state index contributed by atoms with van der Waals surface area (Å²) in [5.41, 5.74) is 0. The quantitative estimate of drug-likeness (QED) is 0.335. The van der Waals surface area contributed by atoms with Gasteiger partial charge in [-0.2, -0.15) is 0 Å². The van der Waals surface area contributed by atoms with Gasteiger partial charge in [0.25, 0.3) is 0 Å². The van der Waals surface area contributed by atoms with Crippen molar-refractivity contribution in [2.75, 3.05) is 0 Å². The zero-order chi connectivity index (χ0) is 13.1. The van der Waals surface area contributed by atoms with Gasteiger partial charge in [0.2, 0.25) is 0 Å². The maximum Gasteiger partial charge on any atom is 0.109 e. The summed E-state index contributed by atoms with van der Waals surface area (Å²) in [6.07, 6.45) is 14.3. The summed E-state index contributed by atoms with van der Waals surface area (Å²) < 4.78 is 0. The molecule has 0 N–H and O–H groups in total. The molecule has 0 amide bonds. The molecular weight excluding hydrogens is 203 g/mol. The van der Waals surface area contributed by atoms with E-state index in [0.717, 1.165) is 5.92 Å². The third kappa shape index (κ3) is 9.74. The summed E-state index contributed by atoms with van der Waals surface area (Å²) in [5, 5.41) is 0.512. The van der Waals surface area contributed by atoms with Crippen LogP contribution in [0, 0.1) is 5.92 Å². The second-order valence-corrected chi connectivity index (χ2v) is 6.76. The highest BCUT2D eigenvalue weighted by atomic mass is 14.2. The molecule has 0 bridgehead atoms. The molecule has 0 atom stereocenters. The number of hydrogen-bond donors (Lipinski definition) is 0. The Morgan fingerprint density at radius 2 is 1.18 bits per heavy atom. The molecule has 0 aliphatic rings. The fourth-order valence-corrected chi connectivity index (χ4v) is 2.65. The van der Waals surface area contributed by atoms with Crippen molar-refractivity contribution < 1.29 is 0 Å². The van der Waals surface area contributed by atoms with Crippen LogP contribution in [0.5, 0.6) is 0 Å². The Hall–Kier alpha value is 0.0649. The summed E-state index contributed by atoms with van der Waals surface area (Å²) >= 11 is 0. The Labute approximate surface area is 111 Å². The fourth-order valence-electron chi connectivity index (χ4n) is 2.65. The van der Waals surface area contributed by atoms with Crippen LogP contribution >= 0.6 is 0 Å². The van der Waals surface area contributed by atoms with Gasteiger partial charge in [0.1, 0.15) is 7.85 Å². The van der Waals surface area contributed by atoms with Gasteiger partial charge in [-0.05, 0) is 5.92 Å². The number of hydrogen-bond acceptors (Lipinski definition) is 0. The molecule has 0 nitrogen and oxygen atoms in total. The lowest BCUT2D eigenvalue weighted by molar-refractivity contribution is 0.328. The molecule has 0 rings (SSSR count). The van der Waals surface area contributed by atoms with Crippen LogP contribution in [0.1, 0.15) is 91.9 Å². The predicted molar refractivity (Wildman–Crippen MR) is 83.6 cm³/mol. The maximum atomic E-state index is 2.43. The summed E-state index contributed by atoms with van der Waals surface area (Å²) in [4.78, 5) is 0. The molecule has 17 heavy (non-hydrogen) atoms. The smallest absolute Gasteiger partial charge is 0.0669 e. The fraction of sp³-hybridized carbons (Fsp3) is 1.00. The first-order valence-corrected chi connectivity index (χ1v) is 8.02. The largest absolute Gasteiger partial charge is 0.109 e. The van der Waals surface area contributed by atoms with Crippen LogP contribution in [0.3, 0.4) is 0 Å². The van der Waals surface area contributed by atoms with Gasteiger partial charge in [0, 0.05) is 0 Å². The number of unbranched alkanes of at least 4 members (excludes halogenated alkanes) is 6. The first-order valence-electron chi connectivity index (χ1n) is 8.02. The van der Waals surface area contributed by atoms with Crippen molar-refractivity contribution in [2.45, 2.75) is 97.2 Å². The predicted octanol–water partition coefficient (Wildman–Crippen LogP) is 5.38. The van der Waals surface area contributed by atoms with Gasteiger partial charge in [0.05, 0.1) is 0 Å². The highest BCUT2D eigenvalue weighted by molar-refractivity contribution is 6.14. The van der Waals surface area contributed by atoms with Crippen molar-refractivity contribution in [1.82, 2.24) is 0 Å². The van der Waals surface area contributed by atoms with Gasteiger partial charge in [0.15, 0.2) is 0 Å². The SMILES string of the molecule is BC(C)(C)C(CCCCCC)CCCCCC. The molecule has 0 saturated heterocycles. The molecule has 0 aliphatic carbocycles. The Morgan fingerprint density at radius 1 is 0.765 bits per heavy atom. The zero-order valence-corrected chi connectivity index (χ0v) is 13.1. The molecule has 0 aromatic carbocycles. The van der Waals surface area contributed by atoms with Crippen LogP contribution in [-0.2, 0) is 0 Å². The van der Waals surface area contributed by atoms with Crippen LogP contribution in [0.4, 0.5) is 0 Å². The van der Waals surface area contributed by atoms with Gasteiger partial charge >= 0.3 is 0 Å². The lowest BCUT2D eigenvalue weighted by Crippen LogP contribution is -2.17. The van der Waals surface area contributed by atoms with Crippen LogP contribution in [-0.4, -0.2) is 7.85 Å². The van der Waals surface area contributed by atoms with E-state index in [0.29, 0.717) is 5.31 Å². The van der Waals surface area contributed by atoms with E-state index in [2.05, 4.69) is 35.5 Å². The summed E-state index contributed by atoms with van der Waals surface area (Å²) in [6, 6.07) is 0. The number of rotatable bonds is 11. The topological polar surface area (TPSA) is 0 Å². The Balaban J connectivity index is 3.81. The zero-order valence-electron chi connectivity index (χ0n) is 13.1. The van der Waals surface area contributed by atoms with Crippen LogP contribution in [0.2, 0.25) is 5.31 Å². The minimum atomic E-state index is 0.512. The second kappa shape index (κ2) is 10.0. The Kier molecular flexibility index (Phi) is 10.1. The van der Waals surface area contributed by atoms with E-state index in [-0.39, 0.29) is 0 Å². The molecule has 0 aromatic rings. The highest BCUT2D eigenvalue weighted by Gasteiger charge is 2.23. The van der Waals surface area contributed by atoms with E-state index in [1.807, 2.05) is 0 Å². The van der Waals surface area contributed by atoms with Crippen LogP contribution in [0.25, 0.3) is 0 Å². The third-order valence-electron chi connectivity index (χ3n) is 4.04. The van der Waals surface area contributed by atoms with Crippen molar-refractivity contribution >= 4 is 7.85 Å². The van der Waals surface area contributed by atoms with Crippen LogP contribution in [0.15, 0.2) is 0 Å². The molecule has 0 heterocycles. The maximum absolute atomic E-state index is 2.43. The van der Waals surface area contributed by atoms with Crippen molar-refractivity contribution in [3.05, 3.63) is 0 Å². The Bertz CT molecular complexity index is 145. The highest BCUT2D eigenvalue weighted by Crippen LogP contribution is 2.38. The summed E-state index contributed by atoms with van der Waals surface area (Å²) in [7, 11) is 2.43. The summed E-state index contributed by atoms with van der Waals surface area (Å²) in [5.74, 6) is 0.941.